The molecule has 146 valence electrons. The molecule has 0 unspecified atom stereocenters. The number of nitrogens with one attached hydrogen (secondary N) is 1. The van der Waals surface area contributed by atoms with Gasteiger partial charge in [0.25, 0.3) is 5.91 Å². The van der Waals surface area contributed by atoms with Crippen molar-refractivity contribution in [1.82, 2.24) is 4.98 Å². The van der Waals surface area contributed by atoms with Crippen LogP contribution < -0.4 is 10.1 Å². The lowest BCUT2D eigenvalue weighted by Crippen LogP contribution is -2.20. The fourth-order valence-electron chi connectivity index (χ4n) is 3.43. The highest BCUT2D eigenvalue weighted by molar-refractivity contribution is 7.14. The van der Waals surface area contributed by atoms with Crippen molar-refractivity contribution >= 4 is 43.9 Å². The number of amides is 1. The van der Waals surface area contributed by atoms with Gasteiger partial charge in [-0.05, 0) is 28.3 Å². The van der Waals surface area contributed by atoms with Crippen LogP contribution in [-0.4, -0.2) is 17.5 Å². The Balaban J connectivity index is 1.27. The molecule has 4 nitrogen and oxygen atoms in total. The first-order valence-corrected chi connectivity index (χ1v) is 10.5. The maximum atomic E-state index is 12.4. The molecule has 0 atom stereocenters. The van der Waals surface area contributed by atoms with Crippen LogP contribution >= 0.6 is 11.3 Å². The van der Waals surface area contributed by atoms with Gasteiger partial charge in [-0.2, -0.15) is 0 Å². The van der Waals surface area contributed by atoms with Crippen LogP contribution in [0.25, 0.3) is 32.8 Å². The Labute approximate surface area is 177 Å². The lowest BCUT2D eigenvalue weighted by atomic mass is 10.1. The van der Waals surface area contributed by atoms with E-state index in [2.05, 4.69) is 34.6 Å². The zero-order valence-corrected chi connectivity index (χ0v) is 16.9. The third kappa shape index (κ3) is 3.75. The van der Waals surface area contributed by atoms with Crippen molar-refractivity contribution in [2.75, 3.05) is 11.9 Å². The average Bonchev–Trinajstić information content (AvgIpc) is 3.25. The smallest absolute Gasteiger partial charge is 0.264 e. The molecule has 0 radical (unpaired) electrons. The van der Waals surface area contributed by atoms with Crippen LogP contribution in [-0.2, 0) is 4.79 Å². The van der Waals surface area contributed by atoms with Crippen LogP contribution in [0.3, 0.4) is 0 Å². The van der Waals surface area contributed by atoms with Gasteiger partial charge in [0, 0.05) is 16.3 Å². The molecule has 1 N–H and O–H groups in total. The molecule has 5 aromatic rings. The number of carbonyl (C=O) groups excluding carboxylic acids is 1. The number of hydrogen-bond acceptors (Lipinski definition) is 4. The monoisotopic (exact) mass is 410 g/mol. The number of anilines is 1. The molecule has 0 aliphatic heterocycles. The van der Waals surface area contributed by atoms with Crippen LogP contribution in [0.2, 0.25) is 0 Å². The molecule has 30 heavy (non-hydrogen) atoms. The van der Waals surface area contributed by atoms with Crippen molar-refractivity contribution in [1.29, 1.82) is 0 Å². The van der Waals surface area contributed by atoms with Gasteiger partial charge in [-0.3, -0.25) is 10.1 Å². The molecule has 1 aromatic heterocycles. The second-order valence-corrected chi connectivity index (χ2v) is 7.77. The van der Waals surface area contributed by atoms with Crippen molar-refractivity contribution in [3.05, 3.63) is 90.3 Å². The Bertz CT molecular complexity index is 1350. The maximum absolute atomic E-state index is 12.4. The van der Waals surface area contributed by atoms with Gasteiger partial charge in [0.15, 0.2) is 11.7 Å². The van der Waals surface area contributed by atoms with E-state index in [-0.39, 0.29) is 12.5 Å². The summed E-state index contributed by atoms with van der Waals surface area (Å²) in [7, 11) is 0. The van der Waals surface area contributed by atoms with E-state index in [0.29, 0.717) is 10.9 Å². The van der Waals surface area contributed by atoms with E-state index in [9.17, 15) is 4.79 Å². The largest absolute Gasteiger partial charge is 0.483 e. The van der Waals surface area contributed by atoms with Crippen molar-refractivity contribution in [3.63, 3.8) is 0 Å². The van der Waals surface area contributed by atoms with E-state index in [0.717, 1.165) is 27.4 Å². The number of nitrogens with zero attached hydrogens (tertiary/aromatic N) is 1. The number of thiazole rings is 1. The van der Waals surface area contributed by atoms with E-state index in [1.54, 1.807) is 0 Å². The molecule has 0 bridgehead atoms. The second-order valence-electron chi connectivity index (χ2n) is 6.91. The minimum absolute atomic E-state index is 0.0705. The summed E-state index contributed by atoms with van der Waals surface area (Å²) in [5, 5.41) is 9.76. The Morgan fingerprint density at radius 3 is 2.53 bits per heavy atom. The van der Waals surface area contributed by atoms with Crippen molar-refractivity contribution in [2.24, 2.45) is 0 Å². The van der Waals surface area contributed by atoms with Gasteiger partial charge in [0.05, 0.1) is 5.69 Å². The molecule has 0 aliphatic carbocycles. The van der Waals surface area contributed by atoms with Crippen LogP contribution in [0.1, 0.15) is 0 Å². The highest BCUT2D eigenvalue weighted by Gasteiger charge is 2.10. The van der Waals surface area contributed by atoms with Crippen molar-refractivity contribution in [2.45, 2.75) is 0 Å². The minimum atomic E-state index is -0.234. The Morgan fingerprint density at radius 1 is 0.867 bits per heavy atom. The number of carbonyl (C=O) groups is 1. The zero-order valence-electron chi connectivity index (χ0n) is 16.0. The lowest BCUT2D eigenvalue weighted by Gasteiger charge is -2.08. The van der Waals surface area contributed by atoms with Crippen molar-refractivity contribution < 1.29 is 9.53 Å². The van der Waals surface area contributed by atoms with E-state index in [4.69, 9.17) is 4.74 Å². The zero-order chi connectivity index (χ0) is 20.3. The Morgan fingerprint density at radius 2 is 1.63 bits per heavy atom. The summed E-state index contributed by atoms with van der Waals surface area (Å²) < 4.78 is 5.76. The summed E-state index contributed by atoms with van der Waals surface area (Å²) in [5.74, 6) is 0.460. The number of ether oxygens (including phenoxy) is 1. The molecule has 5 heteroatoms. The predicted molar refractivity (Wildman–Crippen MR) is 123 cm³/mol. The van der Waals surface area contributed by atoms with Gasteiger partial charge >= 0.3 is 0 Å². The van der Waals surface area contributed by atoms with Gasteiger partial charge in [-0.15, -0.1) is 11.3 Å². The molecule has 0 spiro atoms. The fraction of sp³-hybridized carbons (Fsp3) is 0.0400. The molecule has 0 fully saturated rings. The van der Waals surface area contributed by atoms with Gasteiger partial charge in [0.2, 0.25) is 0 Å². The molecule has 0 saturated heterocycles. The minimum Gasteiger partial charge on any atom is -0.483 e. The number of aromatic nitrogens is 1. The van der Waals surface area contributed by atoms with Gasteiger partial charge in [-0.25, -0.2) is 4.98 Å². The van der Waals surface area contributed by atoms with Crippen LogP contribution in [0.15, 0.2) is 90.3 Å². The maximum Gasteiger partial charge on any atom is 0.264 e. The molecule has 0 aliphatic rings. The number of rotatable bonds is 5. The van der Waals surface area contributed by atoms with E-state index in [1.165, 1.54) is 16.7 Å². The van der Waals surface area contributed by atoms with E-state index in [1.807, 2.05) is 66.0 Å². The second kappa shape index (κ2) is 7.97. The Hall–Kier alpha value is -3.70. The predicted octanol–water partition coefficient (Wildman–Crippen LogP) is 6.13. The van der Waals surface area contributed by atoms with Gasteiger partial charge in [0.1, 0.15) is 5.75 Å². The number of benzene rings is 4. The third-order valence-corrected chi connectivity index (χ3v) is 5.66. The molecule has 5 rings (SSSR count). The summed E-state index contributed by atoms with van der Waals surface area (Å²) in [4.78, 5) is 16.9. The summed E-state index contributed by atoms with van der Waals surface area (Å²) >= 11 is 1.40. The molecule has 1 heterocycles. The van der Waals surface area contributed by atoms with Gasteiger partial charge in [-0.1, -0.05) is 72.8 Å². The fourth-order valence-corrected chi connectivity index (χ4v) is 4.17. The standard InChI is InChI=1S/C25H18N2O2S/c28-24(15-29-23-11-5-9-18-7-3-4-10-21(18)23)27-25-26-22(16-30-25)20-13-12-17-6-1-2-8-19(17)14-20/h1-14,16H,15H2,(H,26,27,28). The molecular weight excluding hydrogens is 392 g/mol. The molecule has 4 aromatic carbocycles. The summed E-state index contributed by atoms with van der Waals surface area (Å²) in [6.07, 6.45) is 0. The van der Waals surface area contributed by atoms with Crippen molar-refractivity contribution in [3.8, 4) is 17.0 Å². The number of fused-ring (bicyclic) bond motifs is 2. The highest BCUT2D eigenvalue weighted by Crippen LogP contribution is 2.28. The summed E-state index contributed by atoms with van der Waals surface area (Å²) in [5.41, 5.74) is 1.87. The normalized spacial score (nSPS) is 10.9. The van der Waals surface area contributed by atoms with Crippen LogP contribution in [0.4, 0.5) is 5.13 Å². The average molecular weight is 410 g/mol. The third-order valence-electron chi connectivity index (χ3n) is 4.90. The quantitative estimate of drug-likeness (QED) is 0.379. The first-order chi connectivity index (χ1) is 14.8. The van der Waals surface area contributed by atoms with Gasteiger partial charge < -0.3 is 4.74 Å². The SMILES string of the molecule is O=C(COc1cccc2ccccc12)Nc1nc(-c2ccc3ccccc3c2)cs1. The molecule has 0 saturated carbocycles. The van der Waals surface area contributed by atoms with Crippen LogP contribution in [0.5, 0.6) is 5.75 Å². The molecular formula is C25H18N2O2S. The highest BCUT2D eigenvalue weighted by atomic mass is 32.1. The van der Waals surface area contributed by atoms with Crippen LogP contribution in [0, 0.1) is 0 Å². The Kier molecular flexibility index (Phi) is 4.87. The first kappa shape index (κ1) is 18.3. The summed E-state index contributed by atoms with van der Waals surface area (Å²) in [6, 6.07) is 28.2. The number of hydrogen-bond donors (Lipinski definition) is 1. The lowest BCUT2D eigenvalue weighted by molar-refractivity contribution is -0.118. The topological polar surface area (TPSA) is 51.2 Å². The van der Waals surface area contributed by atoms with E-state index >= 15 is 0 Å². The molecule has 1 amide bonds. The van der Waals surface area contributed by atoms with E-state index < -0.39 is 0 Å². The first-order valence-electron chi connectivity index (χ1n) is 9.61. The summed E-state index contributed by atoms with van der Waals surface area (Å²) in [6.45, 7) is -0.0705.